The largest absolute Gasteiger partial charge is 0.573 e. The molecule has 0 unspecified atom stereocenters. The molecule has 0 amide bonds. The molecule has 0 bridgehead atoms. The SMILES string of the molecule is Nc1[nH]c(=O)c(C(=O)O)c(-c2cc(OC(F)(F)F)ccc2F)c1C(=O)O. The van der Waals surface area contributed by atoms with Gasteiger partial charge in [-0.05, 0) is 18.2 Å². The molecule has 0 atom stereocenters. The van der Waals surface area contributed by atoms with Crippen LogP contribution in [-0.2, 0) is 0 Å². The van der Waals surface area contributed by atoms with E-state index < -0.39 is 63.5 Å². The first kappa shape index (κ1) is 18.8. The van der Waals surface area contributed by atoms with Gasteiger partial charge in [0.1, 0.15) is 28.5 Å². The molecule has 0 saturated carbocycles. The van der Waals surface area contributed by atoms with Gasteiger partial charge >= 0.3 is 18.3 Å². The number of hydrogen-bond acceptors (Lipinski definition) is 5. The van der Waals surface area contributed by atoms with Gasteiger partial charge in [-0.2, -0.15) is 0 Å². The second kappa shape index (κ2) is 6.38. The quantitative estimate of drug-likeness (QED) is 0.598. The Kier molecular flexibility index (Phi) is 4.61. The highest BCUT2D eigenvalue weighted by molar-refractivity contribution is 6.07. The van der Waals surface area contributed by atoms with Gasteiger partial charge in [0, 0.05) is 11.1 Å². The molecule has 8 nitrogen and oxygen atoms in total. The van der Waals surface area contributed by atoms with Crippen LogP contribution in [0, 0.1) is 5.82 Å². The van der Waals surface area contributed by atoms with E-state index in [9.17, 15) is 37.1 Å². The zero-order valence-electron chi connectivity index (χ0n) is 12.3. The van der Waals surface area contributed by atoms with Crippen LogP contribution < -0.4 is 16.0 Å². The summed E-state index contributed by atoms with van der Waals surface area (Å²) in [6.45, 7) is 0. The van der Waals surface area contributed by atoms with Crippen molar-refractivity contribution >= 4 is 17.8 Å². The Morgan fingerprint density at radius 2 is 1.69 bits per heavy atom. The number of nitrogen functional groups attached to an aromatic ring is 1. The average molecular weight is 376 g/mol. The van der Waals surface area contributed by atoms with Crippen LogP contribution in [0.25, 0.3) is 11.1 Å². The zero-order valence-corrected chi connectivity index (χ0v) is 12.3. The van der Waals surface area contributed by atoms with Crippen LogP contribution in [0.4, 0.5) is 23.4 Å². The van der Waals surface area contributed by atoms with Gasteiger partial charge in [0.15, 0.2) is 0 Å². The van der Waals surface area contributed by atoms with E-state index in [-0.39, 0.29) is 0 Å². The lowest BCUT2D eigenvalue weighted by Crippen LogP contribution is -2.24. The molecule has 0 aliphatic carbocycles. The predicted molar refractivity (Wildman–Crippen MR) is 77.5 cm³/mol. The predicted octanol–water partition coefficient (Wildman–Crippen LogP) is 2.06. The first-order valence-electron chi connectivity index (χ1n) is 6.50. The molecule has 0 aliphatic rings. The highest BCUT2D eigenvalue weighted by Crippen LogP contribution is 2.34. The summed E-state index contributed by atoms with van der Waals surface area (Å²) in [5, 5.41) is 18.4. The lowest BCUT2D eigenvalue weighted by molar-refractivity contribution is -0.274. The number of aromatic amines is 1. The van der Waals surface area contributed by atoms with Crippen LogP contribution in [-0.4, -0.2) is 33.5 Å². The molecule has 1 heterocycles. The molecule has 1 aromatic carbocycles. The van der Waals surface area contributed by atoms with E-state index in [0.29, 0.717) is 18.2 Å². The first-order chi connectivity index (χ1) is 11.9. The van der Waals surface area contributed by atoms with Crippen molar-refractivity contribution in [2.75, 3.05) is 5.73 Å². The minimum atomic E-state index is -5.15. The fourth-order valence-corrected chi connectivity index (χ4v) is 2.21. The molecular formula is C14H8F4N2O6. The molecule has 26 heavy (non-hydrogen) atoms. The van der Waals surface area contributed by atoms with E-state index in [0.717, 1.165) is 0 Å². The zero-order chi connectivity index (χ0) is 19.8. The van der Waals surface area contributed by atoms with Crippen LogP contribution in [0.1, 0.15) is 20.7 Å². The van der Waals surface area contributed by atoms with Gasteiger partial charge in [-0.3, -0.25) is 4.79 Å². The number of anilines is 1. The third-order valence-corrected chi connectivity index (χ3v) is 3.11. The highest BCUT2D eigenvalue weighted by Gasteiger charge is 2.33. The van der Waals surface area contributed by atoms with Crippen LogP contribution in [0.2, 0.25) is 0 Å². The van der Waals surface area contributed by atoms with Gasteiger partial charge in [-0.25, -0.2) is 14.0 Å². The van der Waals surface area contributed by atoms with E-state index in [1.54, 1.807) is 4.98 Å². The fourth-order valence-electron chi connectivity index (χ4n) is 2.21. The molecule has 0 spiro atoms. The van der Waals surface area contributed by atoms with Crippen LogP contribution in [0.3, 0.4) is 0 Å². The molecule has 2 aromatic rings. The molecule has 0 radical (unpaired) electrons. The Labute approximate surface area is 140 Å². The fraction of sp³-hybridized carbons (Fsp3) is 0.0714. The number of rotatable bonds is 4. The number of benzene rings is 1. The smallest absolute Gasteiger partial charge is 0.478 e. The topological polar surface area (TPSA) is 143 Å². The van der Waals surface area contributed by atoms with Crippen molar-refractivity contribution in [1.82, 2.24) is 4.98 Å². The molecule has 12 heteroatoms. The van der Waals surface area contributed by atoms with Crippen molar-refractivity contribution in [3.63, 3.8) is 0 Å². The van der Waals surface area contributed by atoms with Gasteiger partial charge in [0.05, 0.1) is 0 Å². The maximum Gasteiger partial charge on any atom is 0.573 e. The molecular weight excluding hydrogens is 368 g/mol. The van der Waals surface area contributed by atoms with Crippen LogP contribution in [0.15, 0.2) is 23.0 Å². The van der Waals surface area contributed by atoms with Crippen molar-refractivity contribution in [3.8, 4) is 16.9 Å². The lowest BCUT2D eigenvalue weighted by Gasteiger charge is -2.15. The summed E-state index contributed by atoms with van der Waals surface area (Å²) in [5.41, 5.74) is -0.119. The Balaban J connectivity index is 2.91. The number of carboxylic acid groups (broad SMARTS) is 2. The molecule has 138 valence electrons. The third kappa shape index (κ3) is 3.58. The lowest BCUT2D eigenvalue weighted by atomic mass is 9.95. The Morgan fingerprint density at radius 1 is 1.12 bits per heavy atom. The third-order valence-electron chi connectivity index (χ3n) is 3.11. The van der Waals surface area contributed by atoms with E-state index in [1.807, 2.05) is 0 Å². The van der Waals surface area contributed by atoms with Gasteiger partial charge in [-0.1, -0.05) is 0 Å². The number of aromatic carboxylic acids is 2. The standard InChI is InChI=1S/C14H8F4N2O6/c15-6-2-1-4(26-14(16,17)18)3-5(6)7-8(12(22)23)10(19)20-11(21)9(7)13(24)25/h1-3H,(H,22,23)(H,24,25)(H3,19,20,21). The second-order valence-corrected chi connectivity index (χ2v) is 4.79. The minimum Gasteiger partial charge on any atom is -0.478 e. The number of ether oxygens (including phenoxy) is 1. The van der Waals surface area contributed by atoms with Crippen molar-refractivity contribution in [2.45, 2.75) is 6.36 Å². The molecule has 0 aliphatic heterocycles. The number of pyridine rings is 1. The summed E-state index contributed by atoms with van der Waals surface area (Å²) in [6, 6.07) is 1.49. The summed E-state index contributed by atoms with van der Waals surface area (Å²) >= 11 is 0. The van der Waals surface area contributed by atoms with Crippen LogP contribution in [0.5, 0.6) is 5.75 Å². The summed E-state index contributed by atoms with van der Waals surface area (Å²) in [7, 11) is 0. The summed E-state index contributed by atoms with van der Waals surface area (Å²) in [4.78, 5) is 36.3. The van der Waals surface area contributed by atoms with Gasteiger partial charge in [-0.15, -0.1) is 13.2 Å². The number of nitrogens with one attached hydrogen (secondary N) is 1. The first-order valence-corrected chi connectivity index (χ1v) is 6.50. The van der Waals surface area contributed by atoms with Gasteiger partial charge in [0.2, 0.25) is 0 Å². The summed E-state index contributed by atoms with van der Waals surface area (Å²) in [6.07, 6.45) is -5.15. The van der Waals surface area contributed by atoms with Crippen LogP contribution >= 0.6 is 0 Å². The molecule has 0 fully saturated rings. The van der Waals surface area contributed by atoms with Crippen molar-refractivity contribution in [1.29, 1.82) is 0 Å². The average Bonchev–Trinajstić information content (AvgIpc) is 2.46. The number of hydrogen-bond donors (Lipinski definition) is 4. The maximum atomic E-state index is 14.2. The van der Waals surface area contributed by atoms with Crippen molar-refractivity contribution in [2.24, 2.45) is 0 Å². The normalized spacial score (nSPS) is 11.2. The number of carboxylic acids is 2. The number of halogens is 4. The van der Waals surface area contributed by atoms with E-state index in [1.165, 1.54) is 0 Å². The monoisotopic (exact) mass is 376 g/mol. The highest BCUT2D eigenvalue weighted by atomic mass is 19.4. The Morgan fingerprint density at radius 3 is 2.19 bits per heavy atom. The molecule has 2 rings (SSSR count). The van der Waals surface area contributed by atoms with E-state index in [2.05, 4.69) is 4.74 Å². The van der Waals surface area contributed by atoms with Crippen molar-refractivity contribution < 1.29 is 42.1 Å². The summed E-state index contributed by atoms with van der Waals surface area (Å²) in [5.74, 6) is -6.83. The molecule has 0 saturated heterocycles. The van der Waals surface area contributed by atoms with Gasteiger partial charge in [0.25, 0.3) is 5.56 Å². The number of aromatic nitrogens is 1. The number of carbonyl (C=O) groups is 2. The molecule has 5 N–H and O–H groups in total. The van der Waals surface area contributed by atoms with Gasteiger partial charge < -0.3 is 25.7 Å². The Bertz CT molecular complexity index is 967. The second-order valence-electron chi connectivity index (χ2n) is 4.79. The minimum absolute atomic E-state index is 0.413. The maximum absolute atomic E-state index is 14.2. The Hall–Kier alpha value is -3.57. The number of nitrogens with two attached hydrogens (primary N) is 1. The van der Waals surface area contributed by atoms with E-state index in [4.69, 9.17) is 10.8 Å². The van der Waals surface area contributed by atoms with E-state index >= 15 is 0 Å². The number of alkyl halides is 3. The summed E-state index contributed by atoms with van der Waals surface area (Å²) < 4.78 is 54.8. The molecule has 1 aromatic heterocycles. The van der Waals surface area contributed by atoms with Crippen molar-refractivity contribution in [3.05, 3.63) is 45.5 Å². The number of H-pyrrole nitrogens is 1.